The van der Waals surface area contributed by atoms with Crippen LogP contribution in [0.3, 0.4) is 0 Å². The van der Waals surface area contributed by atoms with E-state index in [4.69, 9.17) is 21.9 Å². The summed E-state index contributed by atoms with van der Waals surface area (Å²) in [6.45, 7) is 0. The topological polar surface area (TPSA) is 64.9 Å². The molecule has 0 aliphatic heterocycles. The molecule has 1 aliphatic rings. The molecule has 1 fully saturated rings. The molecule has 1 aromatic heterocycles. The maximum absolute atomic E-state index is 6.31. The van der Waals surface area contributed by atoms with Crippen LogP contribution >= 0.6 is 23.4 Å². The van der Waals surface area contributed by atoms with Crippen LogP contribution in [-0.4, -0.2) is 10.1 Å². The maximum atomic E-state index is 6.31. The van der Waals surface area contributed by atoms with Gasteiger partial charge in [0.25, 0.3) is 0 Å². The van der Waals surface area contributed by atoms with E-state index in [9.17, 15) is 0 Å². The monoisotopic (exact) mass is 309 g/mol. The fourth-order valence-electron chi connectivity index (χ4n) is 2.45. The average Bonchev–Trinajstić information content (AvgIpc) is 3.08. The molecular formula is C14H16ClN3OS. The van der Waals surface area contributed by atoms with Crippen molar-refractivity contribution in [1.29, 1.82) is 0 Å². The van der Waals surface area contributed by atoms with Gasteiger partial charge < -0.3 is 10.3 Å². The summed E-state index contributed by atoms with van der Waals surface area (Å²) >= 11 is 7.70. The van der Waals surface area contributed by atoms with Gasteiger partial charge in [0.2, 0.25) is 5.89 Å². The van der Waals surface area contributed by atoms with Crippen LogP contribution in [0, 0.1) is 0 Å². The molecule has 20 heavy (non-hydrogen) atoms. The van der Waals surface area contributed by atoms with Gasteiger partial charge in [0.05, 0.1) is 16.3 Å². The molecule has 0 unspecified atom stereocenters. The second kappa shape index (κ2) is 5.76. The van der Waals surface area contributed by atoms with Crippen molar-refractivity contribution < 1.29 is 4.52 Å². The molecule has 0 bridgehead atoms. The molecule has 1 aromatic carbocycles. The van der Waals surface area contributed by atoms with E-state index in [1.807, 2.05) is 24.3 Å². The molecule has 2 N–H and O–H groups in total. The SMILES string of the molecule is NC1(c2noc(CSc3ccccc3Cl)n2)CCCC1. The Balaban J connectivity index is 1.67. The second-order valence-corrected chi connectivity index (χ2v) is 6.52. The number of nitrogens with two attached hydrogens (primary N) is 1. The van der Waals surface area contributed by atoms with Crippen LogP contribution in [0.4, 0.5) is 0 Å². The lowest BCUT2D eigenvalue weighted by Crippen LogP contribution is -2.34. The van der Waals surface area contributed by atoms with Gasteiger partial charge in [-0.3, -0.25) is 0 Å². The Morgan fingerprint density at radius 1 is 1.30 bits per heavy atom. The van der Waals surface area contributed by atoms with Gasteiger partial charge in [0.15, 0.2) is 5.82 Å². The largest absolute Gasteiger partial charge is 0.338 e. The fraction of sp³-hybridized carbons (Fsp3) is 0.429. The summed E-state index contributed by atoms with van der Waals surface area (Å²) in [6.07, 6.45) is 4.14. The minimum atomic E-state index is -0.392. The van der Waals surface area contributed by atoms with E-state index in [1.54, 1.807) is 11.8 Å². The van der Waals surface area contributed by atoms with Crippen molar-refractivity contribution in [2.45, 2.75) is 41.9 Å². The van der Waals surface area contributed by atoms with Gasteiger partial charge in [-0.2, -0.15) is 4.98 Å². The van der Waals surface area contributed by atoms with Crippen molar-refractivity contribution >= 4 is 23.4 Å². The van der Waals surface area contributed by atoms with Crippen molar-refractivity contribution in [1.82, 2.24) is 10.1 Å². The zero-order valence-electron chi connectivity index (χ0n) is 11.0. The van der Waals surface area contributed by atoms with Crippen LogP contribution in [0.1, 0.15) is 37.4 Å². The maximum Gasteiger partial charge on any atom is 0.237 e. The van der Waals surface area contributed by atoms with Gasteiger partial charge >= 0.3 is 0 Å². The lowest BCUT2D eigenvalue weighted by atomic mass is 9.99. The van der Waals surface area contributed by atoms with Gasteiger partial charge in [0, 0.05) is 4.90 Å². The summed E-state index contributed by atoms with van der Waals surface area (Å²) in [7, 11) is 0. The Morgan fingerprint density at radius 2 is 2.05 bits per heavy atom. The van der Waals surface area contributed by atoms with Crippen molar-refractivity contribution in [3.63, 3.8) is 0 Å². The predicted molar refractivity (Wildman–Crippen MR) is 79.6 cm³/mol. The van der Waals surface area contributed by atoms with Crippen molar-refractivity contribution in [3.8, 4) is 0 Å². The lowest BCUT2D eigenvalue weighted by Gasteiger charge is -2.17. The number of hydrogen-bond donors (Lipinski definition) is 1. The third kappa shape index (κ3) is 2.85. The summed E-state index contributed by atoms with van der Waals surface area (Å²) in [5.74, 6) is 1.85. The summed E-state index contributed by atoms with van der Waals surface area (Å²) < 4.78 is 5.30. The van der Waals surface area contributed by atoms with Gasteiger partial charge in [-0.05, 0) is 25.0 Å². The number of thioether (sulfide) groups is 1. The van der Waals surface area contributed by atoms with Crippen molar-refractivity contribution in [3.05, 3.63) is 41.0 Å². The average molecular weight is 310 g/mol. The van der Waals surface area contributed by atoms with Gasteiger partial charge in [0.1, 0.15) is 0 Å². The van der Waals surface area contributed by atoms with Crippen LogP contribution in [0.25, 0.3) is 0 Å². The number of benzene rings is 1. The van der Waals surface area contributed by atoms with E-state index in [0.717, 1.165) is 35.6 Å². The van der Waals surface area contributed by atoms with Crippen LogP contribution < -0.4 is 5.73 Å². The molecule has 1 heterocycles. The molecule has 0 spiro atoms. The quantitative estimate of drug-likeness (QED) is 0.871. The van der Waals surface area contributed by atoms with Crippen LogP contribution in [0.15, 0.2) is 33.7 Å². The van der Waals surface area contributed by atoms with Crippen molar-refractivity contribution in [2.75, 3.05) is 0 Å². The summed E-state index contributed by atoms with van der Waals surface area (Å²) in [6, 6.07) is 7.72. The van der Waals surface area contributed by atoms with E-state index < -0.39 is 5.54 Å². The number of halogens is 1. The van der Waals surface area contributed by atoms with Crippen molar-refractivity contribution in [2.24, 2.45) is 5.73 Å². The Bertz CT molecular complexity index is 596. The molecular weight excluding hydrogens is 294 g/mol. The smallest absolute Gasteiger partial charge is 0.237 e. The van der Waals surface area contributed by atoms with Crippen LogP contribution in [0.2, 0.25) is 5.02 Å². The van der Waals surface area contributed by atoms with Gasteiger partial charge in [-0.25, -0.2) is 0 Å². The minimum absolute atomic E-state index is 0.392. The van der Waals surface area contributed by atoms with Gasteiger partial charge in [-0.15, -0.1) is 11.8 Å². The Hall–Kier alpha value is -1.04. The predicted octanol–water partition coefficient (Wildman–Crippen LogP) is 3.74. The Labute approximate surface area is 127 Å². The molecule has 1 saturated carbocycles. The van der Waals surface area contributed by atoms with E-state index in [-0.39, 0.29) is 0 Å². The highest BCUT2D eigenvalue weighted by Crippen LogP contribution is 2.35. The summed E-state index contributed by atoms with van der Waals surface area (Å²) in [5, 5.41) is 4.79. The fourth-order valence-corrected chi connectivity index (χ4v) is 3.52. The van der Waals surface area contributed by atoms with E-state index >= 15 is 0 Å². The first-order valence-electron chi connectivity index (χ1n) is 6.67. The first kappa shape index (κ1) is 13.9. The van der Waals surface area contributed by atoms with E-state index in [0.29, 0.717) is 17.5 Å². The number of rotatable bonds is 4. The summed E-state index contributed by atoms with van der Waals surface area (Å²) in [4.78, 5) is 5.45. The molecule has 4 nitrogen and oxygen atoms in total. The Kier molecular flexibility index (Phi) is 4.01. The highest BCUT2D eigenvalue weighted by atomic mass is 35.5. The molecule has 0 atom stereocenters. The van der Waals surface area contributed by atoms with Crippen LogP contribution in [-0.2, 0) is 11.3 Å². The lowest BCUT2D eigenvalue weighted by molar-refractivity contribution is 0.355. The standard InChI is InChI=1S/C14H16ClN3OS/c15-10-5-1-2-6-11(10)20-9-12-17-13(18-19-12)14(16)7-3-4-8-14/h1-2,5-6H,3-4,7-9,16H2. The molecule has 0 saturated heterocycles. The number of hydrogen-bond acceptors (Lipinski definition) is 5. The van der Waals surface area contributed by atoms with Crippen LogP contribution in [0.5, 0.6) is 0 Å². The highest BCUT2D eigenvalue weighted by molar-refractivity contribution is 7.98. The first-order chi connectivity index (χ1) is 9.67. The normalized spacial score (nSPS) is 17.5. The molecule has 1 aliphatic carbocycles. The summed E-state index contributed by atoms with van der Waals surface area (Å²) in [5.41, 5.74) is 5.92. The number of nitrogens with zero attached hydrogens (tertiary/aromatic N) is 2. The third-order valence-electron chi connectivity index (χ3n) is 3.60. The second-order valence-electron chi connectivity index (χ2n) is 5.09. The zero-order valence-corrected chi connectivity index (χ0v) is 12.6. The Morgan fingerprint density at radius 3 is 2.80 bits per heavy atom. The first-order valence-corrected chi connectivity index (χ1v) is 8.03. The molecule has 0 radical (unpaired) electrons. The molecule has 3 rings (SSSR count). The highest BCUT2D eigenvalue weighted by Gasteiger charge is 2.35. The molecule has 0 amide bonds. The van der Waals surface area contributed by atoms with Gasteiger partial charge in [-0.1, -0.05) is 41.7 Å². The van der Waals surface area contributed by atoms with E-state index in [1.165, 1.54) is 0 Å². The molecule has 6 heteroatoms. The number of aromatic nitrogens is 2. The van der Waals surface area contributed by atoms with E-state index in [2.05, 4.69) is 10.1 Å². The zero-order chi connectivity index (χ0) is 14.0. The molecule has 106 valence electrons. The third-order valence-corrected chi connectivity index (χ3v) is 5.10. The molecule has 2 aromatic rings. The minimum Gasteiger partial charge on any atom is -0.338 e.